The number of ether oxygens (including phenoxy) is 4. The molecule has 3 saturated carbocycles. The predicted octanol–water partition coefficient (Wildman–Crippen LogP) is -0.566. The smallest absolute Gasteiger partial charge is 0.396 e. The monoisotopic (exact) mass is 1250 g/mol. The third-order valence-corrected chi connectivity index (χ3v) is 19.8. The number of phosphoric ester groups is 2. The number of aliphatic hydroxyl groups excluding tert-OH is 10. The van der Waals surface area contributed by atoms with Crippen molar-refractivity contribution < 1.29 is 121 Å². The summed E-state index contributed by atoms with van der Waals surface area (Å²) in [5, 5.41) is 102. The lowest BCUT2D eigenvalue weighted by Crippen LogP contribution is -2.50. The standard InChI is InChI=1S/C52H93N3O25P2.C2H6/c1-29-41(14-32(23-56)50(66)47(29)63)74-11-5-8-44(60)53-20-38(59)17-35(53)27-77-81(69,70)80-40-19-37(55(22-40)46(62)10-7-13-76-43-16-34(25-58)52(68)49(65)31(43)3)28-78-82(71,72)79-39-18-36(26-73-4)54(21-39)45(61)9-6-12-75-42-15-33(24-57)51(67)48(64)30(42)2;1-2/h29-43,47-52,56-59,63-68H,5-28H2,1-4H3,(H,69,70)(H,71,72);1-2H3/t29?,30?,31?,32?,33?,34?,35-,36-,37-,38+,39+,40+,41+,42+,43+,47+,48+,49+,50-,51-,52-;/m0./s1. The van der Waals surface area contributed by atoms with Gasteiger partial charge in [-0.25, -0.2) is 9.13 Å². The van der Waals surface area contributed by atoms with Crippen LogP contribution in [0.2, 0.25) is 0 Å². The van der Waals surface area contributed by atoms with Crippen LogP contribution in [-0.4, -0.2) is 271 Å². The van der Waals surface area contributed by atoms with Gasteiger partial charge < -0.3 is 94.5 Å². The van der Waals surface area contributed by atoms with E-state index in [1.165, 1.54) is 21.8 Å². The van der Waals surface area contributed by atoms with Gasteiger partial charge in [-0.05, 0) is 57.8 Å². The van der Waals surface area contributed by atoms with E-state index in [-0.39, 0.29) is 135 Å². The second-order valence-corrected chi connectivity index (χ2v) is 26.3. The van der Waals surface area contributed by atoms with Crippen LogP contribution in [0.25, 0.3) is 0 Å². The second kappa shape index (κ2) is 34.3. The van der Waals surface area contributed by atoms with Crippen molar-refractivity contribution in [3.63, 3.8) is 0 Å². The molecule has 0 bridgehead atoms. The number of carbonyl (C=O) groups is 3. The van der Waals surface area contributed by atoms with Gasteiger partial charge in [0.25, 0.3) is 0 Å². The average Bonchev–Trinajstić information content (AvgIpc) is 3.79. The second-order valence-electron chi connectivity index (χ2n) is 23.5. The van der Waals surface area contributed by atoms with Gasteiger partial charge in [0, 0.05) is 121 Å². The van der Waals surface area contributed by atoms with Crippen molar-refractivity contribution >= 4 is 33.4 Å². The van der Waals surface area contributed by atoms with Gasteiger partial charge in [-0.3, -0.25) is 32.5 Å². The van der Waals surface area contributed by atoms with Crippen molar-refractivity contribution in [3.8, 4) is 0 Å². The molecule has 3 amide bonds. The lowest BCUT2D eigenvalue weighted by Gasteiger charge is -2.40. The number of phosphoric acid groups is 2. The van der Waals surface area contributed by atoms with Crippen molar-refractivity contribution in [1.82, 2.24) is 14.7 Å². The molecule has 6 aliphatic rings. The van der Waals surface area contributed by atoms with E-state index >= 15 is 0 Å². The molecule has 3 heterocycles. The first kappa shape index (κ1) is 72.8. The number of aliphatic hydroxyl groups is 10. The Morgan fingerprint density at radius 3 is 1.10 bits per heavy atom. The SMILES string of the molecule is CC.COC[C@@H]1C[C@@H](OP(=O)(O)OC[C@@H]2C[C@@H](OP(=O)(O)OC[C@@H]3C[C@@H](O)CN3C(=O)CCCO[C@@H]3CC(CO)[C@H](O)[C@H](O)C3C)CN2C(=O)CCCO[C@@H]2CC(CO)[C@H](O)[C@H](O)C2C)CN1C(=O)CCCO[C@@H]1CC(CO)[C@H](O)[C@H](O)C1C. The Labute approximate surface area is 492 Å². The Morgan fingerprint density at radius 2 is 0.774 bits per heavy atom. The van der Waals surface area contributed by atoms with E-state index in [0.29, 0.717) is 19.3 Å². The molecule has 3 saturated heterocycles. The molecule has 0 radical (unpaired) electrons. The van der Waals surface area contributed by atoms with E-state index in [1.54, 1.807) is 20.8 Å². The van der Waals surface area contributed by atoms with E-state index in [4.69, 9.17) is 37.0 Å². The highest BCUT2D eigenvalue weighted by Crippen LogP contribution is 2.50. The summed E-state index contributed by atoms with van der Waals surface area (Å²) in [7, 11) is -8.46. The minimum atomic E-state index is -4.96. The van der Waals surface area contributed by atoms with Crippen molar-refractivity contribution in [2.45, 2.75) is 203 Å². The average molecular weight is 1250 g/mol. The maximum Gasteiger partial charge on any atom is 0.472 e. The van der Waals surface area contributed by atoms with Crippen LogP contribution < -0.4 is 0 Å². The molecule has 6 fully saturated rings. The summed E-state index contributed by atoms with van der Waals surface area (Å²) in [5.74, 6) is -4.22. The maximum absolute atomic E-state index is 13.9. The molecule has 23 atom stereocenters. The maximum atomic E-state index is 13.9. The van der Waals surface area contributed by atoms with Crippen LogP contribution in [-0.2, 0) is 60.6 Å². The molecule has 30 heteroatoms. The summed E-state index contributed by atoms with van der Waals surface area (Å²) in [5.41, 5.74) is 0. The van der Waals surface area contributed by atoms with E-state index in [1.807, 2.05) is 13.8 Å². The Hall–Kier alpha value is -1.93. The molecule has 490 valence electrons. The molecule has 0 spiro atoms. The molecule has 12 N–H and O–H groups in total. The molecular weight excluding hydrogens is 1150 g/mol. The Morgan fingerprint density at radius 1 is 0.464 bits per heavy atom. The van der Waals surface area contributed by atoms with Gasteiger partial charge >= 0.3 is 15.6 Å². The van der Waals surface area contributed by atoms with Gasteiger partial charge in [-0.2, -0.15) is 0 Å². The molecule has 84 heavy (non-hydrogen) atoms. The zero-order valence-corrected chi connectivity index (χ0v) is 51.3. The summed E-state index contributed by atoms with van der Waals surface area (Å²) >= 11 is 0. The number of nitrogens with zero attached hydrogens (tertiary/aromatic N) is 3. The number of hydrogen-bond donors (Lipinski definition) is 12. The lowest BCUT2D eigenvalue weighted by molar-refractivity contribution is -0.145. The molecule has 3 aliphatic heterocycles. The molecule has 8 unspecified atom stereocenters. The first-order chi connectivity index (χ1) is 39.8. The number of amides is 3. The van der Waals surface area contributed by atoms with E-state index in [0.717, 1.165) is 0 Å². The quantitative estimate of drug-likeness (QED) is 0.0317. The molecule has 3 aliphatic carbocycles. The molecule has 0 aromatic heterocycles. The number of hydrogen-bond acceptors (Lipinski definition) is 23. The summed E-state index contributed by atoms with van der Waals surface area (Å²) in [4.78, 5) is 67.0. The van der Waals surface area contributed by atoms with Crippen molar-refractivity contribution in [2.24, 2.45) is 35.5 Å². The van der Waals surface area contributed by atoms with Crippen LogP contribution in [0.15, 0.2) is 0 Å². The molecule has 0 aromatic rings. The molecule has 28 nitrogen and oxygen atoms in total. The predicted molar refractivity (Wildman–Crippen MR) is 297 cm³/mol. The van der Waals surface area contributed by atoms with Crippen LogP contribution >= 0.6 is 15.6 Å². The fourth-order valence-electron chi connectivity index (χ4n) is 12.6. The number of carbonyl (C=O) groups excluding carboxylic acids is 3. The van der Waals surface area contributed by atoms with Gasteiger partial charge in [-0.1, -0.05) is 34.6 Å². The Bertz CT molecular complexity index is 2100. The van der Waals surface area contributed by atoms with Gasteiger partial charge in [0.1, 0.15) is 0 Å². The van der Waals surface area contributed by atoms with Gasteiger partial charge in [0.2, 0.25) is 17.7 Å². The Balaban J connectivity index is 0.00000638. The minimum Gasteiger partial charge on any atom is -0.396 e. The molecule has 0 aromatic carbocycles. The largest absolute Gasteiger partial charge is 0.472 e. The fraction of sp³-hybridized carbons (Fsp3) is 0.944. The van der Waals surface area contributed by atoms with Crippen LogP contribution in [0.3, 0.4) is 0 Å². The first-order valence-electron chi connectivity index (χ1n) is 29.9. The first-order valence-corrected chi connectivity index (χ1v) is 32.9. The minimum absolute atomic E-state index is 0.0171. The molecular formula is C54H99N3O25P2. The summed E-state index contributed by atoms with van der Waals surface area (Å²) < 4.78 is 72.6. The third-order valence-electron chi connectivity index (χ3n) is 17.7. The zero-order chi connectivity index (χ0) is 62.2. The summed E-state index contributed by atoms with van der Waals surface area (Å²) in [6, 6.07) is -2.36. The number of likely N-dealkylation sites (tertiary alicyclic amines) is 3. The highest BCUT2D eigenvalue weighted by atomic mass is 31.2. The highest BCUT2D eigenvalue weighted by Gasteiger charge is 2.47. The topological polar surface area (TPSA) is 412 Å². The van der Waals surface area contributed by atoms with E-state index < -0.39 is 162 Å². The number of methoxy groups -OCH3 is 1. The van der Waals surface area contributed by atoms with E-state index in [2.05, 4.69) is 0 Å². The van der Waals surface area contributed by atoms with Gasteiger partial charge in [0.15, 0.2) is 0 Å². The number of rotatable bonds is 30. The van der Waals surface area contributed by atoms with Crippen LogP contribution in [0.1, 0.15) is 112 Å². The van der Waals surface area contributed by atoms with Crippen molar-refractivity contribution in [3.05, 3.63) is 0 Å². The highest BCUT2D eigenvalue weighted by molar-refractivity contribution is 7.47. The molecule has 6 rings (SSSR count). The summed E-state index contributed by atoms with van der Waals surface area (Å²) in [6.45, 7) is 7.01. The lowest BCUT2D eigenvalue weighted by atomic mass is 9.77. The van der Waals surface area contributed by atoms with Gasteiger partial charge in [0.05, 0.1) is 111 Å². The van der Waals surface area contributed by atoms with Crippen LogP contribution in [0.5, 0.6) is 0 Å². The Kier molecular flexibility index (Phi) is 29.7. The van der Waals surface area contributed by atoms with E-state index in [9.17, 15) is 84.4 Å². The summed E-state index contributed by atoms with van der Waals surface area (Å²) in [6.07, 6.45) is -9.71. The number of β-amino-alcohol motifs (C(OH)–C–C–N with tert-alkyl or cyclic N) is 1. The zero-order valence-electron chi connectivity index (χ0n) is 49.5. The van der Waals surface area contributed by atoms with Crippen molar-refractivity contribution in [1.29, 1.82) is 0 Å². The fourth-order valence-corrected chi connectivity index (χ4v) is 14.5. The van der Waals surface area contributed by atoms with Crippen molar-refractivity contribution in [2.75, 3.05) is 86.2 Å². The van der Waals surface area contributed by atoms with Crippen LogP contribution in [0, 0.1) is 35.5 Å². The normalized spacial score (nSPS) is 37.8. The van der Waals surface area contributed by atoms with Crippen LogP contribution in [0.4, 0.5) is 0 Å². The van der Waals surface area contributed by atoms with Gasteiger partial charge in [-0.15, -0.1) is 0 Å². The third kappa shape index (κ3) is 20.0.